The van der Waals surface area contributed by atoms with E-state index in [4.69, 9.17) is 5.11 Å². The summed E-state index contributed by atoms with van der Waals surface area (Å²) in [4.78, 5) is 11.1. The van der Waals surface area contributed by atoms with Crippen LogP contribution in [0.2, 0.25) is 0 Å². The first-order chi connectivity index (χ1) is 7.40. The lowest BCUT2D eigenvalue weighted by molar-refractivity contribution is -0.138. The SMILES string of the molecule is CNc1c(I)cc(I)c(C(C)C(=O)O)c1I. The number of carbonyl (C=O) groups is 1. The Hall–Kier alpha value is 0.680. The molecular weight excluding hydrogens is 547 g/mol. The highest BCUT2D eigenvalue weighted by atomic mass is 127. The summed E-state index contributed by atoms with van der Waals surface area (Å²) >= 11 is 6.65. The van der Waals surface area contributed by atoms with Crippen molar-refractivity contribution in [3.8, 4) is 0 Å². The molecule has 0 spiro atoms. The second kappa shape index (κ2) is 6.03. The first-order valence-electron chi connectivity index (χ1n) is 4.48. The molecule has 0 radical (unpaired) electrons. The van der Waals surface area contributed by atoms with Crippen molar-refractivity contribution in [3.05, 3.63) is 22.3 Å². The van der Waals surface area contributed by atoms with E-state index in [-0.39, 0.29) is 0 Å². The highest BCUT2D eigenvalue weighted by Crippen LogP contribution is 2.35. The van der Waals surface area contributed by atoms with Gasteiger partial charge in [-0.1, -0.05) is 0 Å². The van der Waals surface area contributed by atoms with Gasteiger partial charge >= 0.3 is 5.97 Å². The van der Waals surface area contributed by atoms with E-state index in [9.17, 15) is 4.79 Å². The summed E-state index contributed by atoms with van der Waals surface area (Å²) in [6, 6.07) is 2.00. The van der Waals surface area contributed by atoms with Crippen LogP contribution in [0.3, 0.4) is 0 Å². The Morgan fingerprint density at radius 3 is 2.38 bits per heavy atom. The van der Waals surface area contributed by atoms with Crippen LogP contribution in [0.15, 0.2) is 6.07 Å². The number of hydrogen-bond donors (Lipinski definition) is 2. The molecular formula is C10H10I3NO2. The number of hydrogen-bond acceptors (Lipinski definition) is 2. The number of nitrogens with one attached hydrogen (secondary N) is 1. The fourth-order valence-corrected chi connectivity index (χ4v) is 6.20. The zero-order chi connectivity index (χ0) is 12.5. The van der Waals surface area contributed by atoms with Gasteiger partial charge in [0.15, 0.2) is 0 Å². The number of carboxylic acids is 1. The van der Waals surface area contributed by atoms with Gasteiger partial charge in [0, 0.05) is 17.8 Å². The van der Waals surface area contributed by atoms with Gasteiger partial charge < -0.3 is 10.4 Å². The molecule has 3 nitrogen and oxygen atoms in total. The lowest BCUT2D eigenvalue weighted by Gasteiger charge is -2.16. The number of halogens is 3. The molecule has 0 amide bonds. The molecule has 0 saturated carbocycles. The summed E-state index contributed by atoms with van der Waals surface area (Å²) in [5, 5.41) is 12.2. The highest BCUT2D eigenvalue weighted by molar-refractivity contribution is 14.1. The van der Waals surface area contributed by atoms with Crippen LogP contribution in [-0.2, 0) is 4.79 Å². The molecule has 88 valence electrons. The molecule has 1 aromatic carbocycles. The fourth-order valence-electron chi connectivity index (χ4n) is 1.36. The smallest absolute Gasteiger partial charge is 0.310 e. The predicted octanol–water partition coefficient (Wildman–Crippen LogP) is 3.73. The third-order valence-electron chi connectivity index (χ3n) is 2.26. The van der Waals surface area contributed by atoms with E-state index in [1.807, 2.05) is 13.1 Å². The van der Waals surface area contributed by atoms with Crippen molar-refractivity contribution in [2.24, 2.45) is 0 Å². The molecule has 1 rings (SSSR count). The number of rotatable bonds is 3. The number of benzene rings is 1. The first-order valence-corrected chi connectivity index (χ1v) is 7.71. The number of carboxylic acid groups (broad SMARTS) is 1. The van der Waals surface area contributed by atoms with Crippen molar-refractivity contribution < 1.29 is 9.90 Å². The summed E-state index contributed by atoms with van der Waals surface area (Å²) in [5.41, 5.74) is 1.89. The normalized spacial score (nSPS) is 12.3. The molecule has 0 aliphatic rings. The lowest BCUT2D eigenvalue weighted by Crippen LogP contribution is -2.12. The van der Waals surface area contributed by atoms with Crippen molar-refractivity contribution in [2.45, 2.75) is 12.8 Å². The van der Waals surface area contributed by atoms with Gasteiger partial charge in [0.1, 0.15) is 0 Å². The van der Waals surface area contributed by atoms with Gasteiger partial charge in [-0.05, 0) is 86.3 Å². The van der Waals surface area contributed by atoms with Crippen LogP contribution in [0.1, 0.15) is 18.4 Å². The van der Waals surface area contributed by atoms with Crippen LogP contribution in [0, 0.1) is 10.7 Å². The largest absolute Gasteiger partial charge is 0.481 e. The molecule has 0 bridgehead atoms. The maximum Gasteiger partial charge on any atom is 0.310 e. The first kappa shape index (κ1) is 14.7. The predicted molar refractivity (Wildman–Crippen MR) is 90.2 cm³/mol. The minimum absolute atomic E-state index is 0.483. The fraction of sp³-hybridized carbons (Fsp3) is 0.300. The molecule has 16 heavy (non-hydrogen) atoms. The maximum absolute atomic E-state index is 11.1. The summed E-state index contributed by atoms with van der Waals surface area (Å²) in [7, 11) is 1.85. The molecule has 6 heteroatoms. The van der Waals surface area contributed by atoms with Crippen LogP contribution in [0.25, 0.3) is 0 Å². The van der Waals surface area contributed by atoms with Gasteiger partial charge in [0.05, 0.1) is 11.6 Å². The van der Waals surface area contributed by atoms with Crippen molar-refractivity contribution in [2.75, 3.05) is 12.4 Å². The quantitative estimate of drug-likeness (QED) is 0.558. The van der Waals surface area contributed by atoms with E-state index in [2.05, 4.69) is 73.1 Å². The van der Waals surface area contributed by atoms with E-state index in [0.717, 1.165) is 22.0 Å². The molecule has 0 heterocycles. The van der Waals surface area contributed by atoms with E-state index in [1.54, 1.807) is 6.92 Å². The van der Waals surface area contributed by atoms with Crippen molar-refractivity contribution in [3.63, 3.8) is 0 Å². The topological polar surface area (TPSA) is 49.3 Å². The Morgan fingerprint density at radius 1 is 1.38 bits per heavy atom. The van der Waals surface area contributed by atoms with Gasteiger partial charge in [-0.3, -0.25) is 4.79 Å². The van der Waals surface area contributed by atoms with Crippen molar-refractivity contribution in [1.82, 2.24) is 0 Å². The minimum Gasteiger partial charge on any atom is -0.481 e. The second-order valence-corrected chi connectivity index (χ2v) is 6.66. The standard InChI is InChI=1S/C10H10I3NO2/c1-4(10(15)16)7-5(11)3-6(12)9(14-2)8(7)13/h3-4,14H,1-2H3,(H,15,16). The average Bonchev–Trinajstić information content (AvgIpc) is 2.17. The Labute approximate surface area is 135 Å². The molecule has 0 aromatic heterocycles. The van der Waals surface area contributed by atoms with E-state index < -0.39 is 11.9 Å². The van der Waals surface area contributed by atoms with E-state index in [1.165, 1.54) is 0 Å². The van der Waals surface area contributed by atoms with Gasteiger partial charge in [0.2, 0.25) is 0 Å². The van der Waals surface area contributed by atoms with Gasteiger partial charge in [-0.2, -0.15) is 0 Å². The zero-order valence-corrected chi connectivity index (χ0v) is 15.1. The van der Waals surface area contributed by atoms with Crippen LogP contribution in [0.4, 0.5) is 5.69 Å². The average molecular weight is 557 g/mol. The minimum atomic E-state index is -0.793. The van der Waals surface area contributed by atoms with Crippen LogP contribution in [-0.4, -0.2) is 18.1 Å². The van der Waals surface area contributed by atoms with Gasteiger partial charge in [-0.15, -0.1) is 0 Å². The highest BCUT2D eigenvalue weighted by Gasteiger charge is 2.22. The molecule has 1 aromatic rings. The van der Waals surface area contributed by atoms with Crippen molar-refractivity contribution >= 4 is 79.4 Å². The van der Waals surface area contributed by atoms with Crippen LogP contribution >= 0.6 is 67.8 Å². The third kappa shape index (κ3) is 2.92. The summed E-state index contributed by atoms with van der Waals surface area (Å²) < 4.78 is 3.10. The Bertz CT molecular complexity index is 435. The third-order valence-corrected chi connectivity index (χ3v) is 5.12. The van der Waals surface area contributed by atoms with Gasteiger partial charge in [0.25, 0.3) is 0 Å². The molecule has 0 fully saturated rings. The Kier molecular flexibility index (Phi) is 5.55. The number of anilines is 1. The maximum atomic E-state index is 11.1. The molecule has 0 aliphatic carbocycles. The van der Waals surface area contributed by atoms with Crippen LogP contribution in [0.5, 0.6) is 0 Å². The van der Waals surface area contributed by atoms with Gasteiger partial charge in [-0.25, -0.2) is 0 Å². The van der Waals surface area contributed by atoms with E-state index in [0.29, 0.717) is 0 Å². The number of aliphatic carboxylic acids is 1. The summed E-state index contributed by atoms with van der Waals surface area (Å²) in [6.45, 7) is 1.72. The lowest BCUT2D eigenvalue weighted by atomic mass is 10.0. The Morgan fingerprint density at radius 2 is 1.94 bits per heavy atom. The Balaban J connectivity index is 3.45. The molecule has 0 aliphatic heterocycles. The molecule has 1 unspecified atom stereocenters. The molecule has 0 saturated heterocycles. The van der Waals surface area contributed by atoms with Crippen LogP contribution < -0.4 is 5.32 Å². The second-order valence-electron chi connectivity index (χ2n) is 3.25. The summed E-state index contributed by atoms with van der Waals surface area (Å²) in [5.74, 6) is -1.28. The molecule has 1 atom stereocenters. The van der Waals surface area contributed by atoms with Crippen molar-refractivity contribution in [1.29, 1.82) is 0 Å². The molecule has 2 N–H and O–H groups in total. The zero-order valence-electron chi connectivity index (χ0n) is 8.64. The summed E-state index contributed by atoms with van der Waals surface area (Å²) in [6.07, 6.45) is 0. The monoisotopic (exact) mass is 557 g/mol. The van der Waals surface area contributed by atoms with E-state index >= 15 is 0 Å².